The number of aromatic nitrogens is 1. The first-order valence-electron chi connectivity index (χ1n) is 8.44. The van der Waals surface area contributed by atoms with Gasteiger partial charge in [-0.1, -0.05) is 12.5 Å². The molecular weight excluding hydrogens is 322 g/mol. The predicted octanol–water partition coefficient (Wildman–Crippen LogP) is 3.46. The van der Waals surface area contributed by atoms with Crippen molar-refractivity contribution >= 4 is 23.4 Å². The molecule has 2 amide bonds. The number of carbonyl (C=O) groups is 2. The first kappa shape index (κ1) is 15.7. The summed E-state index contributed by atoms with van der Waals surface area (Å²) in [5.74, 6) is 0.660. The summed E-state index contributed by atoms with van der Waals surface area (Å²) < 4.78 is 10.4. The topological polar surface area (TPSA) is 84.7 Å². The minimum atomic E-state index is -0.367. The van der Waals surface area contributed by atoms with E-state index in [9.17, 15) is 9.59 Å². The van der Waals surface area contributed by atoms with Gasteiger partial charge in [0.1, 0.15) is 12.9 Å². The lowest BCUT2D eigenvalue weighted by atomic mass is 9.85. The van der Waals surface area contributed by atoms with Crippen molar-refractivity contribution in [3.05, 3.63) is 41.6 Å². The second-order valence-electron chi connectivity index (χ2n) is 6.37. The number of carbonyl (C=O) groups excluding carboxylic acids is 2. The molecule has 0 radical (unpaired) electrons. The molecule has 4 rings (SSSR count). The van der Waals surface area contributed by atoms with E-state index in [4.69, 9.17) is 9.15 Å². The number of nitrogens with one attached hydrogen (secondary N) is 1. The summed E-state index contributed by atoms with van der Waals surface area (Å²) in [6.45, 7) is 2.74. The lowest BCUT2D eigenvalue weighted by molar-refractivity contribution is 0.102. The van der Waals surface area contributed by atoms with Crippen LogP contribution >= 0.6 is 0 Å². The maximum absolute atomic E-state index is 12.5. The molecule has 1 N–H and O–H groups in total. The fourth-order valence-electron chi connectivity index (χ4n) is 3.08. The van der Waals surface area contributed by atoms with Crippen LogP contribution in [0.25, 0.3) is 0 Å². The lowest BCUT2D eigenvalue weighted by Crippen LogP contribution is -2.24. The highest BCUT2D eigenvalue weighted by molar-refractivity contribution is 6.04. The number of oxazole rings is 1. The molecule has 1 aromatic heterocycles. The van der Waals surface area contributed by atoms with Crippen LogP contribution in [0, 0.1) is 6.92 Å². The second-order valence-corrected chi connectivity index (χ2v) is 6.37. The van der Waals surface area contributed by atoms with Crippen LogP contribution in [0.5, 0.6) is 0 Å². The number of nitrogens with zero attached hydrogens (tertiary/aromatic N) is 2. The molecule has 1 aliphatic heterocycles. The van der Waals surface area contributed by atoms with Crippen LogP contribution in [0.15, 0.2) is 28.9 Å². The highest BCUT2D eigenvalue weighted by atomic mass is 16.6. The number of anilines is 2. The zero-order valence-corrected chi connectivity index (χ0v) is 13.9. The minimum absolute atomic E-state index is 0.271. The second kappa shape index (κ2) is 6.23. The van der Waals surface area contributed by atoms with Gasteiger partial charge in [-0.2, -0.15) is 0 Å². The normalized spacial score (nSPS) is 17.3. The van der Waals surface area contributed by atoms with Gasteiger partial charge in [0.25, 0.3) is 5.91 Å². The van der Waals surface area contributed by atoms with Gasteiger partial charge in [0.15, 0.2) is 11.6 Å². The minimum Gasteiger partial charge on any atom is -0.448 e. The number of ether oxygens (including phenoxy) is 1. The van der Waals surface area contributed by atoms with E-state index in [1.165, 1.54) is 12.7 Å². The molecule has 25 heavy (non-hydrogen) atoms. The molecule has 0 bridgehead atoms. The van der Waals surface area contributed by atoms with Crippen LogP contribution in [0.4, 0.5) is 16.2 Å². The van der Waals surface area contributed by atoms with Crippen molar-refractivity contribution in [2.45, 2.75) is 32.1 Å². The van der Waals surface area contributed by atoms with Crippen molar-refractivity contribution in [1.82, 2.24) is 4.98 Å². The van der Waals surface area contributed by atoms with E-state index in [1.807, 2.05) is 13.0 Å². The molecule has 2 heterocycles. The number of cyclic esters (lactones) is 1. The van der Waals surface area contributed by atoms with Gasteiger partial charge >= 0.3 is 6.09 Å². The third kappa shape index (κ3) is 2.86. The average molecular weight is 341 g/mol. The van der Waals surface area contributed by atoms with Gasteiger partial charge in [0.2, 0.25) is 0 Å². The monoisotopic (exact) mass is 341 g/mol. The zero-order valence-electron chi connectivity index (χ0n) is 13.9. The summed E-state index contributed by atoms with van der Waals surface area (Å²) in [7, 11) is 0. The van der Waals surface area contributed by atoms with Crippen molar-refractivity contribution in [2.75, 3.05) is 23.4 Å². The molecule has 7 heteroatoms. The van der Waals surface area contributed by atoms with Gasteiger partial charge < -0.3 is 14.5 Å². The maximum Gasteiger partial charge on any atom is 0.414 e. The first-order valence-corrected chi connectivity index (χ1v) is 8.44. The van der Waals surface area contributed by atoms with Crippen LogP contribution < -0.4 is 10.2 Å². The number of amides is 2. The van der Waals surface area contributed by atoms with Gasteiger partial charge in [-0.05, 0) is 37.5 Å². The van der Waals surface area contributed by atoms with Crippen LogP contribution in [-0.4, -0.2) is 30.1 Å². The van der Waals surface area contributed by atoms with Gasteiger partial charge in [-0.25, -0.2) is 9.78 Å². The smallest absolute Gasteiger partial charge is 0.414 e. The molecule has 2 aliphatic rings. The lowest BCUT2D eigenvalue weighted by Gasteiger charge is -2.21. The largest absolute Gasteiger partial charge is 0.448 e. The highest BCUT2D eigenvalue weighted by Gasteiger charge is 2.27. The van der Waals surface area contributed by atoms with Crippen molar-refractivity contribution < 1.29 is 18.7 Å². The van der Waals surface area contributed by atoms with Crippen LogP contribution in [-0.2, 0) is 4.74 Å². The zero-order chi connectivity index (χ0) is 17.4. The molecule has 130 valence electrons. The Morgan fingerprint density at radius 3 is 2.88 bits per heavy atom. The molecular formula is C18H19N3O4. The van der Waals surface area contributed by atoms with Crippen molar-refractivity contribution in [2.24, 2.45) is 0 Å². The fraction of sp³-hybridized carbons (Fsp3) is 0.389. The molecule has 1 aliphatic carbocycles. The van der Waals surface area contributed by atoms with Crippen molar-refractivity contribution in [3.63, 3.8) is 0 Å². The Hall–Kier alpha value is -2.83. The van der Waals surface area contributed by atoms with Gasteiger partial charge in [0, 0.05) is 11.6 Å². The number of hydrogen-bond donors (Lipinski definition) is 1. The number of rotatable bonds is 4. The summed E-state index contributed by atoms with van der Waals surface area (Å²) >= 11 is 0. The Morgan fingerprint density at radius 1 is 1.36 bits per heavy atom. The third-order valence-electron chi connectivity index (χ3n) is 4.81. The Balaban J connectivity index is 1.53. The summed E-state index contributed by atoms with van der Waals surface area (Å²) in [6.07, 6.45) is 4.34. The van der Waals surface area contributed by atoms with Gasteiger partial charge in [-0.3, -0.25) is 9.69 Å². The van der Waals surface area contributed by atoms with Crippen molar-refractivity contribution in [3.8, 4) is 0 Å². The Kier molecular flexibility index (Phi) is 3.91. The van der Waals surface area contributed by atoms with E-state index in [1.54, 1.807) is 17.0 Å². The molecule has 2 fully saturated rings. The Labute approximate surface area is 145 Å². The maximum atomic E-state index is 12.5. The molecule has 0 spiro atoms. The van der Waals surface area contributed by atoms with E-state index in [-0.39, 0.29) is 17.7 Å². The van der Waals surface area contributed by atoms with E-state index in [0.29, 0.717) is 30.6 Å². The van der Waals surface area contributed by atoms with Crippen LogP contribution in [0.2, 0.25) is 0 Å². The van der Waals surface area contributed by atoms with Gasteiger partial charge in [-0.15, -0.1) is 0 Å². The summed E-state index contributed by atoms with van der Waals surface area (Å²) in [5, 5.41) is 2.85. The summed E-state index contributed by atoms with van der Waals surface area (Å²) in [5.41, 5.74) is 2.44. The Morgan fingerprint density at radius 2 is 2.20 bits per heavy atom. The SMILES string of the molecule is Cc1c(NC(=O)c2coc(C3CCC3)n2)cccc1N1CCOC1=O. The molecule has 0 unspecified atom stereocenters. The molecule has 7 nitrogen and oxygen atoms in total. The highest BCUT2D eigenvalue weighted by Crippen LogP contribution is 2.35. The first-order chi connectivity index (χ1) is 12.1. The standard InChI is InChI=1S/C18H19N3O4/c1-11-13(6-3-7-15(11)21-8-9-24-18(21)23)19-16(22)14-10-25-17(20-14)12-4-2-5-12/h3,6-7,10,12H,2,4-5,8-9H2,1H3,(H,19,22). The molecule has 2 aromatic rings. The third-order valence-corrected chi connectivity index (χ3v) is 4.81. The average Bonchev–Trinajstić information content (AvgIpc) is 3.17. The van der Waals surface area contributed by atoms with E-state index < -0.39 is 0 Å². The quantitative estimate of drug-likeness (QED) is 0.920. The molecule has 1 saturated heterocycles. The fourth-order valence-corrected chi connectivity index (χ4v) is 3.08. The molecule has 1 aromatic carbocycles. The van der Waals surface area contributed by atoms with E-state index in [0.717, 1.165) is 24.1 Å². The Bertz CT molecular complexity index is 825. The molecule has 0 atom stereocenters. The van der Waals surface area contributed by atoms with Crippen LogP contribution in [0.1, 0.15) is 47.1 Å². The van der Waals surface area contributed by atoms with E-state index in [2.05, 4.69) is 10.3 Å². The van der Waals surface area contributed by atoms with Crippen LogP contribution in [0.3, 0.4) is 0 Å². The van der Waals surface area contributed by atoms with E-state index >= 15 is 0 Å². The predicted molar refractivity (Wildman–Crippen MR) is 90.9 cm³/mol. The van der Waals surface area contributed by atoms with Gasteiger partial charge in [0.05, 0.1) is 12.2 Å². The van der Waals surface area contributed by atoms with Crippen molar-refractivity contribution in [1.29, 1.82) is 0 Å². The molecule has 1 saturated carbocycles. The summed E-state index contributed by atoms with van der Waals surface area (Å²) in [4.78, 5) is 30.1. The number of benzene rings is 1. The number of hydrogen-bond acceptors (Lipinski definition) is 5. The summed E-state index contributed by atoms with van der Waals surface area (Å²) in [6, 6.07) is 5.43.